The number of hydrogen-bond donors (Lipinski definition) is 1. The molecule has 0 saturated carbocycles. The Labute approximate surface area is 173 Å². The number of fused-ring (bicyclic) bond motifs is 1. The third-order valence-electron chi connectivity index (χ3n) is 5.51. The molecule has 1 saturated heterocycles. The summed E-state index contributed by atoms with van der Waals surface area (Å²) in [7, 11) is 0. The first-order valence-electron chi connectivity index (χ1n) is 9.35. The fraction of sp³-hybridized carbons (Fsp3) is 0.429. The Morgan fingerprint density at radius 3 is 2.59 bits per heavy atom. The van der Waals surface area contributed by atoms with Gasteiger partial charge in [-0.15, -0.1) is 24.8 Å². The van der Waals surface area contributed by atoms with Crippen LogP contribution in [0.15, 0.2) is 42.7 Å². The van der Waals surface area contributed by atoms with Crippen LogP contribution in [-0.2, 0) is 6.42 Å². The van der Waals surface area contributed by atoms with Gasteiger partial charge in [0.2, 0.25) is 0 Å². The van der Waals surface area contributed by atoms with Crippen LogP contribution in [0.4, 0.5) is 11.4 Å². The maximum absolute atomic E-state index is 12.6. The smallest absolute Gasteiger partial charge is 0.162 e. The van der Waals surface area contributed by atoms with Crippen molar-refractivity contribution < 1.29 is 4.79 Å². The van der Waals surface area contributed by atoms with Crippen LogP contribution in [0, 0.1) is 5.92 Å². The molecule has 0 bridgehead atoms. The van der Waals surface area contributed by atoms with Crippen LogP contribution < -0.4 is 10.2 Å². The van der Waals surface area contributed by atoms with Gasteiger partial charge < -0.3 is 10.2 Å². The number of hydrogen-bond acceptors (Lipinski definition) is 4. The molecule has 4 nitrogen and oxygen atoms in total. The molecule has 0 atom stereocenters. The topological polar surface area (TPSA) is 45.2 Å². The molecule has 6 heteroatoms. The summed E-state index contributed by atoms with van der Waals surface area (Å²) in [6.07, 6.45) is 8.76. The molecule has 27 heavy (non-hydrogen) atoms. The van der Waals surface area contributed by atoms with Crippen molar-refractivity contribution in [2.75, 3.05) is 24.5 Å². The first-order chi connectivity index (χ1) is 12.3. The molecule has 4 rings (SSSR count). The highest BCUT2D eigenvalue weighted by molar-refractivity contribution is 5.97. The molecule has 0 spiro atoms. The van der Waals surface area contributed by atoms with Crippen molar-refractivity contribution in [3.8, 4) is 0 Å². The van der Waals surface area contributed by atoms with E-state index >= 15 is 0 Å². The maximum atomic E-state index is 12.6. The number of carbonyl (C=O) groups is 1. The number of nitrogens with zero attached hydrogens (tertiary/aromatic N) is 2. The molecule has 2 aliphatic rings. The molecule has 1 aromatic carbocycles. The highest BCUT2D eigenvalue weighted by atomic mass is 35.5. The molecule has 0 unspecified atom stereocenters. The first kappa shape index (κ1) is 21.7. The number of nitrogens with one attached hydrogen (secondary N) is 1. The van der Waals surface area contributed by atoms with Crippen molar-refractivity contribution >= 4 is 42.0 Å². The Balaban J connectivity index is 0.00000131. The molecule has 2 aromatic rings. The van der Waals surface area contributed by atoms with Gasteiger partial charge in [-0.25, -0.2) is 0 Å². The molecular formula is C21H27Cl2N3O. The van der Waals surface area contributed by atoms with Crippen LogP contribution in [0.25, 0.3) is 0 Å². The standard InChI is InChI=1S/C21H25N3O.2ClH/c25-21(4-1-16-5-10-22-11-6-16)18-2-3-20-17(15-18)9-14-24(20)19-7-12-23-13-8-19;;/h2-3,7-8,12-13,15-16,22H,1,4-6,9-11,14H2;2*1H. The van der Waals surface area contributed by atoms with Crippen molar-refractivity contribution in [1.82, 2.24) is 10.3 Å². The van der Waals surface area contributed by atoms with E-state index in [-0.39, 0.29) is 24.8 Å². The third kappa shape index (κ3) is 5.01. The van der Waals surface area contributed by atoms with E-state index in [1.54, 1.807) is 0 Å². The summed E-state index contributed by atoms with van der Waals surface area (Å²) in [5.41, 5.74) is 4.55. The zero-order chi connectivity index (χ0) is 17.1. The summed E-state index contributed by atoms with van der Waals surface area (Å²) >= 11 is 0. The van der Waals surface area contributed by atoms with Crippen LogP contribution in [0.5, 0.6) is 0 Å². The summed E-state index contributed by atoms with van der Waals surface area (Å²) in [5, 5.41) is 3.39. The summed E-state index contributed by atoms with van der Waals surface area (Å²) in [6.45, 7) is 3.16. The van der Waals surface area contributed by atoms with Crippen molar-refractivity contribution in [3.05, 3.63) is 53.9 Å². The lowest BCUT2D eigenvalue weighted by Crippen LogP contribution is -2.28. The number of pyridine rings is 1. The van der Waals surface area contributed by atoms with Gasteiger partial charge >= 0.3 is 0 Å². The molecule has 1 fully saturated rings. The molecule has 0 amide bonds. The molecule has 1 aromatic heterocycles. The zero-order valence-corrected chi connectivity index (χ0v) is 17.0. The van der Waals surface area contributed by atoms with E-state index in [0.29, 0.717) is 18.1 Å². The lowest BCUT2D eigenvalue weighted by molar-refractivity contribution is 0.0970. The molecule has 3 heterocycles. The number of aromatic nitrogens is 1. The minimum Gasteiger partial charge on any atom is -0.341 e. The van der Waals surface area contributed by atoms with Crippen molar-refractivity contribution in [1.29, 1.82) is 0 Å². The lowest BCUT2D eigenvalue weighted by Gasteiger charge is -2.22. The molecule has 146 valence electrons. The Kier molecular flexibility index (Phi) is 8.08. The summed E-state index contributed by atoms with van der Waals surface area (Å²) < 4.78 is 0. The normalized spacial score (nSPS) is 16.2. The highest BCUT2D eigenvalue weighted by Crippen LogP contribution is 2.35. The Bertz CT molecular complexity index is 748. The van der Waals surface area contributed by atoms with Gasteiger partial charge in [-0.2, -0.15) is 0 Å². The maximum Gasteiger partial charge on any atom is 0.162 e. The van der Waals surface area contributed by atoms with Gasteiger partial charge in [0, 0.05) is 42.3 Å². The predicted molar refractivity (Wildman–Crippen MR) is 115 cm³/mol. The monoisotopic (exact) mass is 407 g/mol. The van der Waals surface area contributed by atoms with E-state index in [2.05, 4.69) is 27.3 Å². The average Bonchev–Trinajstić information content (AvgIpc) is 3.11. The van der Waals surface area contributed by atoms with Gasteiger partial charge in [-0.3, -0.25) is 9.78 Å². The second-order valence-electron chi connectivity index (χ2n) is 7.11. The second kappa shape index (κ2) is 10.1. The Morgan fingerprint density at radius 2 is 1.85 bits per heavy atom. The van der Waals surface area contributed by atoms with Gasteiger partial charge in [0.25, 0.3) is 0 Å². The number of benzene rings is 1. The summed E-state index contributed by atoms with van der Waals surface area (Å²) in [5.74, 6) is 1.01. The minimum atomic E-state index is 0. The van der Waals surface area contributed by atoms with E-state index in [0.717, 1.165) is 38.0 Å². The summed E-state index contributed by atoms with van der Waals surface area (Å²) in [6, 6.07) is 10.3. The van der Waals surface area contributed by atoms with Gasteiger partial charge in [0.05, 0.1) is 0 Å². The molecule has 2 aliphatic heterocycles. The van der Waals surface area contributed by atoms with Crippen LogP contribution >= 0.6 is 24.8 Å². The quantitative estimate of drug-likeness (QED) is 0.736. The summed E-state index contributed by atoms with van der Waals surface area (Å²) in [4.78, 5) is 19.0. The number of rotatable bonds is 5. The van der Waals surface area contributed by atoms with E-state index in [1.807, 2.05) is 30.6 Å². The first-order valence-corrected chi connectivity index (χ1v) is 9.35. The Morgan fingerprint density at radius 1 is 1.11 bits per heavy atom. The number of anilines is 2. The molecule has 0 radical (unpaired) electrons. The molecular weight excluding hydrogens is 381 g/mol. The minimum absolute atomic E-state index is 0. The molecule has 1 N–H and O–H groups in total. The van der Waals surface area contributed by atoms with Gasteiger partial charge in [0.15, 0.2) is 5.78 Å². The second-order valence-corrected chi connectivity index (χ2v) is 7.11. The Hall–Kier alpha value is -1.62. The predicted octanol–water partition coefficient (Wildman–Crippen LogP) is 4.58. The number of ketones is 1. The van der Waals surface area contributed by atoms with Crippen LogP contribution in [0.3, 0.4) is 0 Å². The van der Waals surface area contributed by atoms with Crippen molar-refractivity contribution in [2.45, 2.75) is 32.1 Å². The van der Waals surface area contributed by atoms with Gasteiger partial charge in [0.1, 0.15) is 0 Å². The number of carbonyl (C=O) groups excluding carboxylic acids is 1. The van der Waals surface area contributed by atoms with E-state index < -0.39 is 0 Å². The van der Waals surface area contributed by atoms with Crippen molar-refractivity contribution in [2.24, 2.45) is 5.92 Å². The lowest BCUT2D eigenvalue weighted by atomic mass is 9.91. The third-order valence-corrected chi connectivity index (χ3v) is 5.51. The van der Waals surface area contributed by atoms with Gasteiger partial charge in [-0.1, -0.05) is 0 Å². The number of halogens is 2. The van der Waals surface area contributed by atoms with Crippen LogP contribution in [0.2, 0.25) is 0 Å². The fourth-order valence-corrected chi connectivity index (χ4v) is 4.02. The number of piperidine rings is 1. The SMILES string of the molecule is Cl.Cl.O=C(CCC1CCNCC1)c1ccc2c(c1)CCN2c1ccncc1. The van der Waals surface area contributed by atoms with E-state index in [9.17, 15) is 4.79 Å². The zero-order valence-electron chi connectivity index (χ0n) is 15.4. The molecule has 0 aliphatic carbocycles. The number of Topliss-reactive ketones (excluding diaryl/α,β-unsaturated/α-hetero) is 1. The highest BCUT2D eigenvalue weighted by Gasteiger charge is 2.22. The average molecular weight is 408 g/mol. The van der Waals surface area contributed by atoms with Crippen LogP contribution in [-0.4, -0.2) is 30.4 Å². The van der Waals surface area contributed by atoms with Gasteiger partial charge in [-0.05, 0) is 80.6 Å². The van der Waals surface area contributed by atoms with Crippen LogP contribution in [0.1, 0.15) is 41.6 Å². The van der Waals surface area contributed by atoms with E-state index in [1.165, 1.54) is 29.8 Å². The fourth-order valence-electron chi connectivity index (χ4n) is 4.02. The van der Waals surface area contributed by atoms with Crippen molar-refractivity contribution in [3.63, 3.8) is 0 Å². The van der Waals surface area contributed by atoms with E-state index in [4.69, 9.17) is 0 Å². The largest absolute Gasteiger partial charge is 0.341 e.